The smallest absolute Gasteiger partial charge is 0.229 e. The van der Waals surface area contributed by atoms with E-state index in [0.29, 0.717) is 0 Å². The van der Waals surface area contributed by atoms with Gasteiger partial charge in [0.25, 0.3) is 0 Å². The molecule has 3 aromatic rings. The third-order valence-corrected chi connectivity index (χ3v) is 6.96. The van der Waals surface area contributed by atoms with Gasteiger partial charge in [-0.1, -0.05) is 0 Å². The second-order valence-corrected chi connectivity index (χ2v) is 9.76. The molecule has 2 aromatic carbocycles. The Balaban J connectivity index is 1.66. The lowest BCUT2D eigenvalue weighted by Gasteiger charge is -2.39. The maximum atomic E-state index is 13.3. The Kier molecular flexibility index (Phi) is 8.17. The minimum Gasteiger partial charge on any atom is -0.508 e. The summed E-state index contributed by atoms with van der Waals surface area (Å²) in [5, 5.41) is 102. The average Bonchev–Trinajstić information content (AvgIpc) is 2.97. The van der Waals surface area contributed by atoms with Crippen LogP contribution >= 0.6 is 0 Å². The van der Waals surface area contributed by atoms with Crippen LogP contribution in [0.4, 0.5) is 0 Å². The Morgan fingerprint density at radius 2 is 1.43 bits per heavy atom. The van der Waals surface area contributed by atoms with E-state index in [-0.39, 0.29) is 17.1 Å². The van der Waals surface area contributed by atoms with E-state index in [1.165, 1.54) is 24.3 Å². The number of rotatable bonds is 6. The number of aromatic hydroxyl groups is 3. The molecule has 2 saturated heterocycles. The normalized spacial score (nSPS) is 31.6. The zero-order valence-electron chi connectivity index (χ0n) is 21.4. The predicted octanol–water partition coefficient (Wildman–Crippen LogP) is -2.43. The number of benzene rings is 2. The Morgan fingerprint density at radius 3 is 2.10 bits per heavy atom. The van der Waals surface area contributed by atoms with Crippen molar-refractivity contribution in [2.24, 2.45) is 0 Å². The van der Waals surface area contributed by atoms with Crippen LogP contribution < -0.4 is 14.9 Å². The molecule has 2 aliphatic rings. The lowest BCUT2D eigenvalue weighted by atomic mass is 9.99. The highest BCUT2D eigenvalue weighted by Gasteiger charge is 2.46. The molecule has 228 valence electrons. The molecule has 0 spiro atoms. The molecule has 0 aliphatic carbocycles. The number of fused-ring (bicyclic) bond motifs is 1. The number of ether oxygens (including phenoxy) is 4. The quantitative estimate of drug-likeness (QED) is 0.142. The van der Waals surface area contributed by atoms with Crippen LogP contribution in [0.2, 0.25) is 0 Å². The third-order valence-electron chi connectivity index (χ3n) is 6.96. The maximum absolute atomic E-state index is 13.3. The van der Waals surface area contributed by atoms with Crippen molar-refractivity contribution in [3.05, 3.63) is 40.6 Å². The second-order valence-electron chi connectivity index (χ2n) is 9.76. The fourth-order valence-electron chi connectivity index (χ4n) is 4.58. The van der Waals surface area contributed by atoms with Gasteiger partial charge in [-0.3, -0.25) is 4.79 Å². The van der Waals surface area contributed by atoms with E-state index in [9.17, 15) is 55.9 Å². The van der Waals surface area contributed by atoms with Crippen LogP contribution in [-0.2, 0) is 9.47 Å². The predicted molar refractivity (Wildman–Crippen MR) is 136 cm³/mol. The summed E-state index contributed by atoms with van der Waals surface area (Å²) in [4.78, 5) is 13.3. The van der Waals surface area contributed by atoms with Crippen molar-refractivity contribution in [3.63, 3.8) is 0 Å². The zero-order valence-corrected chi connectivity index (χ0v) is 21.4. The van der Waals surface area contributed by atoms with Gasteiger partial charge in [0, 0.05) is 11.6 Å². The van der Waals surface area contributed by atoms with Crippen molar-refractivity contribution in [2.75, 3.05) is 13.2 Å². The second kappa shape index (κ2) is 11.5. The number of phenols is 3. The van der Waals surface area contributed by atoms with Gasteiger partial charge in [0.15, 0.2) is 16.8 Å². The first-order chi connectivity index (χ1) is 19.9. The van der Waals surface area contributed by atoms with Gasteiger partial charge in [0.2, 0.25) is 29.8 Å². The van der Waals surface area contributed by atoms with Crippen molar-refractivity contribution >= 4 is 11.0 Å². The Bertz CT molecular complexity index is 1490. The number of aliphatic hydroxyl groups is 7. The highest BCUT2D eigenvalue weighted by molar-refractivity contribution is 5.95. The van der Waals surface area contributed by atoms with Crippen molar-refractivity contribution < 1.29 is 74.4 Å². The van der Waals surface area contributed by atoms with E-state index in [4.69, 9.17) is 23.4 Å². The van der Waals surface area contributed by atoms with E-state index in [1.807, 2.05) is 0 Å². The van der Waals surface area contributed by atoms with Crippen LogP contribution in [0, 0.1) is 0 Å². The number of hydrogen-bond acceptors (Lipinski definition) is 16. The molecule has 0 saturated carbocycles. The molecule has 2 fully saturated rings. The molecule has 1 aromatic heterocycles. The largest absolute Gasteiger partial charge is 0.508 e. The third kappa shape index (κ3) is 5.19. The summed E-state index contributed by atoms with van der Waals surface area (Å²) in [6.07, 6.45) is -15.8. The maximum Gasteiger partial charge on any atom is 0.229 e. The standard InChI is InChI=1S/C26H28O16/c27-6-13-16(32)18(34)20(36)26(40-13)41-23-17(33)14-10(29)5-12(8-1-3-9(28)4-2-8)39-22(14)24(21(23)37)42-25-19(35)15(31)11(30)7-38-25/h1-5,11,13,15-16,18-20,25-28,30-37H,6-7H2/t11-,13-,15+,16+,18-,19-,20-,25+,26+/m1/s1. The average molecular weight is 596 g/mol. The van der Waals surface area contributed by atoms with E-state index in [0.717, 1.165) is 6.07 Å². The molecule has 0 radical (unpaired) electrons. The minimum absolute atomic E-state index is 0.0830. The molecule has 16 heteroatoms. The lowest BCUT2D eigenvalue weighted by molar-refractivity contribution is -0.277. The van der Waals surface area contributed by atoms with Gasteiger partial charge >= 0.3 is 0 Å². The first-order valence-corrected chi connectivity index (χ1v) is 12.6. The van der Waals surface area contributed by atoms with Crippen LogP contribution in [0.25, 0.3) is 22.3 Å². The molecular formula is C26H28O16. The van der Waals surface area contributed by atoms with Crippen molar-refractivity contribution in [1.82, 2.24) is 0 Å². The van der Waals surface area contributed by atoms with Crippen molar-refractivity contribution in [2.45, 2.75) is 55.3 Å². The van der Waals surface area contributed by atoms with Gasteiger partial charge in [-0.05, 0) is 24.3 Å². The number of aliphatic hydroxyl groups excluding tert-OH is 7. The summed E-state index contributed by atoms with van der Waals surface area (Å²) in [6.45, 7) is -1.32. The fraction of sp³-hybridized carbons (Fsp3) is 0.423. The fourth-order valence-corrected chi connectivity index (χ4v) is 4.58. The summed E-state index contributed by atoms with van der Waals surface area (Å²) in [5.41, 5.74) is -1.20. The first kappa shape index (κ1) is 29.8. The van der Waals surface area contributed by atoms with E-state index in [2.05, 4.69) is 0 Å². The molecule has 3 heterocycles. The molecule has 0 bridgehead atoms. The van der Waals surface area contributed by atoms with E-state index >= 15 is 0 Å². The van der Waals surface area contributed by atoms with Crippen LogP contribution in [0.15, 0.2) is 39.5 Å². The summed E-state index contributed by atoms with van der Waals surface area (Å²) in [7, 11) is 0. The first-order valence-electron chi connectivity index (χ1n) is 12.6. The van der Waals surface area contributed by atoms with Crippen molar-refractivity contribution in [3.8, 4) is 40.1 Å². The van der Waals surface area contributed by atoms with Crippen LogP contribution in [0.5, 0.6) is 28.7 Å². The molecule has 9 atom stereocenters. The zero-order chi connectivity index (χ0) is 30.5. The molecular weight excluding hydrogens is 568 g/mol. The van der Waals surface area contributed by atoms with Gasteiger partial charge in [0.1, 0.15) is 59.6 Å². The summed E-state index contributed by atoms with van der Waals surface area (Å²) in [5.74, 6) is -4.00. The Labute approximate surface area is 235 Å². The van der Waals surface area contributed by atoms with Gasteiger partial charge in [-0.15, -0.1) is 0 Å². The highest BCUT2D eigenvalue weighted by atomic mass is 16.7. The number of hydrogen-bond donors (Lipinski definition) is 10. The van der Waals surface area contributed by atoms with Gasteiger partial charge in [-0.2, -0.15) is 0 Å². The van der Waals surface area contributed by atoms with E-state index in [1.54, 1.807) is 0 Å². The Hall–Kier alpha value is -3.71. The van der Waals surface area contributed by atoms with Gasteiger partial charge in [0.05, 0.1) is 13.2 Å². The topological polar surface area (TPSA) is 269 Å². The Morgan fingerprint density at radius 1 is 0.786 bits per heavy atom. The van der Waals surface area contributed by atoms with Gasteiger partial charge < -0.3 is 74.4 Å². The van der Waals surface area contributed by atoms with Crippen LogP contribution in [-0.4, -0.2) is 120 Å². The molecule has 16 nitrogen and oxygen atoms in total. The molecule has 10 N–H and O–H groups in total. The number of phenolic OH excluding ortho intramolecular Hbond substituents is 3. The monoisotopic (exact) mass is 596 g/mol. The minimum atomic E-state index is -1.98. The van der Waals surface area contributed by atoms with E-state index < -0.39 is 108 Å². The molecule has 0 unspecified atom stereocenters. The molecule has 42 heavy (non-hydrogen) atoms. The van der Waals surface area contributed by atoms with Gasteiger partial charge in [-0.25, -0.2) is 0 Å². The summed E-state index contributed by atoms with van der Waals surface area (Å²) in [6, 6.07) is 6.40. The SMILES string of the molecule is O=c1cc(-c2ccc(O)cc2)oc2c(O[C@@H]3OC[C@@H](O)[C@H](O)[C@H]3O)c(O)c(O[C@@H]3O[C@H](CO)[C@H](O)[C@@H](O)[C@H]3O)c(O)c12. The van der Waals surface area contributed by atoms with Crippen LogP contribution in [0.3, 0.4) is 0 Å². The highest BCUT2D eigenvalue weighted by Crippen LogP contribution is 2.51. The molecule has 0 amide bonds. The lowest BCUT2D eigenvalue weighted by Crippen LogP contribution is -2.60. The van der Waals surface area contributed by atoms with Crippen molar-refractivity contribution in [1.29, 1.82) is 0 Å². The molecule has 2 aliphatic heterocycles. The molecule has 5 rings (SSSR count). The summed E-state index contributed by atoms with van der Waals surface area (Å²) < 4.78 is 27.3. The van der Waals surface area contributed by atoms with Crippen LogP contribution in [0.1, 0.15) is 0 Å². The summed E-state index contributed by atoms with van der Waals surface area (Å²) >= 11 is 0.